The van der Waals surface area contributed by atoms with E-state index in [0.29, 0.717) is 13.1 Å². The summed E-state index contributed by atoms with van der Waals surface area (Å²) in [6.45, 7) is 4.80. The number of nitrogens with two attached hydrogens (primary N) is 1. The molecule has 98 valence electrons. The van der Waals surface area contributed by atoms with Gasteiger partial charge in [0, 0.05) is 13.1 Å². The Balaban J connectivity index is 2.23. The average Bonchev–Trinajstić information content (AvgIpc) is 2.36. The highest BCUT2D eigenvalue weighted by molar-refractivity contribution is 5.69. The Morgan fingerprint density at radius 1 is 1.50 bits per heavy atom. The van der Waals surface area contributed by atoms with Crippen molar-refractivity contribution in [2.24, 2.45) is 5.73 Å². The smallest absolute Gasteiger partial charge is 0.410 e. The topological polar surface area (TPSA) is 55.6 Å². The van der Waals surface area contributed by atoms with Crippen molar-refractivity contribution in [1.82, 2.24) is 4.90 Å². The molecular weight excluding hydrogens is 228 g/mol. The van der Waals surface area contributed by atoms with Crippen LogP contribution in [-0.4, -0.2) is 30.2 Å². The van der Waals surface area contributed by atoms with Crippen LogP contribution in [0.4, 0.5) is 4.79 Å². The molecule has 0 fully saturated rings. The first-order chi connectivity index (χ1) is 8.63. The van der Waals surface area contributed by atoms with Gasteiger partial charge in [-0.2, -0.15) is 0 Å². The highest BCUT2D eigenvalue weighted by Gasteiger charge is 2.30. The monoisotopic (exact) mass is 248 g/mol. The molecule has 1 atom stereocenters. The number of carbonyl (C=O) groups excluding carboxylic acids is 1. The van der Waals surface area contributed by atoms with Crippen LogP contribution in [0.2, 0.25) is 0 Å². The van der Waals surface area contributed by atoms with Gasteiger partial charge in [0.25, 0.3) is 0 Å². The Labute approximate surface area is 108 Å². The van der Waals surface area contributed by atoms with Crippen LogP contribution in [0.1, 0.15) is 31.0 Å². The molecule has 0 aromatic heterocycles. The summed E-state index contributed by atoms with van der Waals surface area (Å²) < 4.78 is 5.27. The molecule has 0 bridgehead atoms. The summed E-state index contributed by atoms with van der Waals surface area (Å²) in [6, 6.07) is 8.08. The van der Waals surface area contributed by atoms with E-state index < -0.39 is 0 Å². The summed E-state index contributed by atoms with van der Waals surface area (Å²) in [5.74, 6) is 0. The minimum Gasteiger partial charge on any atom is -0.447 e. The van der Waals surface area contributed by atoms with E-state index in [1.54, 1.807) is 4.90 Å². The van der Waals surface area contributed by atoms with Crippen molar-refractivity contribution in [1.29, 1.82) is 0 Å². The van der Waals surface area contributed by atoms with Gasteiger partial charge in [0.15, 0.2) is 0 Å². The third-order valence-electron chi connectivity index (χ3n) is 3.21. The predicted octanol–water partition coefficient (Wildman–Crippen LogP) is 2.09. The SMILES string of the molecule is CC(C)OC(=O)N1CCc2ccccc2C1CN. The van der Waals surface area contributed by atoms with Gasteiger partial charge < -0.3 is 10.5 Å². The third-order valence-corrected chi connectivity index (χ3v) is 3.21. The second-order valence-electron chi connectivity index (χ2n) is 4.83. The van der Waals surface area contributed by atoms with Crippen molar-refractivity contribution in [2.75, 3.05) is 13.1 Å². The van der Waals surface area contributed by atoms with Crippen LogP contribution in [0.5, 0.6) is 0 Å². The molecule has 1 unspecified atom stereocenters. The van der Waals surface area contributed by atoms with E-state index in [2.05, 4.69) is 6.07 Å². The maximum atomic E-state index is 12.0. The standard InChI is InChI=1S/C14H20N2O2/c1-10(2)18-14(17)16-8-7-11-5-3-4-6-12(11)13(16)9-15/h3-6,10,13H,7-9,15H2,1-2H3. The second kappa shape index (κ2) is 5.40. The van der Waals surface area contributed by atoms with Crippen LogP contribution >= 0.6 is 0 Å². The quantitative estimate of drug-likeness (QED) is 0.872. The predicted molar refractivity (Wildman–Crippen MR) is 70.3 cm³/mol. The van der Waals surface area contributed by atoms with E-state index in [1.807, 2.05) is 32.0 Å². The van der Waals surface area contributed by atoms with Crippen LogP contribution in [0.3, 0.4) is 0 Å². The Hall–Kier alpha value is -1.55. The van der Waals surface area contributed by atoms with Crippen molar-refractivity contribution >= 4 is 6.09 Å². The van der Waals surface area contributed by atoms with Gasteiger partial charge in [0.05, 0.1) is 12.1 Å². The highest BCUT2D eigenvalue weighted by Crippen LogP contribution is 2.29. The van der Waals surface area contributed by atoms with Gasteiger partial charge >= 0.3 is 6.09 Å². The molecule has 1 amide bonds. The van der Waals surface area contributed by atoms with Gasteiger partial charge in [-0.15, -0.1) is 0 Å². The summed E-state index contributed by atoms with van der Waals surface area (Å²) in [5.41, 5.74) is 8.25. The van der Waals surface area contributed by atoms with Crippen molar-refractivity contribution < 1.29 is 9.53 Å². The maximum absolute atomic E-state index is 12.0. The molecular formula is C14H20N2O2. The number of ether oxygens (including phenoxy) is 1. The summed E-state index contributed by atoms with van der Waals surface area (Å²) >= 11 is 0. The molecule has 1 aliphatic heterocycles. The average molecular weight is 248 g/mol. The lowest BCUT2D eigenvalue weighted by Crippen LogP contribution is -2.44. The van der Waals surface area contributed by atoms with Crippen LogP contribution < -0.4 is 5.73 Å². The molecule has 4 nitrogen and oxygen atoms in total. The van der Waals surface area contributed by atoms with Crippen molar-refractivity contribution in [3.63, 3.8) is 0 Å². The maximum Gasteiger partial charge on any atom is 0.410 e. The molecule has 18 heavy (non-hydrogen) atoms. The molecule has 1 aromatic rings. The normalized spacial score (nSPS) is 18.7. The zero-order chi connectivity index (χ0) is 13.1. The van der Waals surface area contributed by atoms with E-state index in [4.69, 9.17) is 10.5 Å². The molecule has 1 aliphatic rings. The van der Waals surface area contributed by atoms with E-state index in [0.717, 1.165) is 12.0 Å². The number of rotatable bonds is 2. The molecule has 0 aliphatic carbocycles. The lowest BCUT2D eigenvalue weighted by atomic mass is 9.93. The molecule has 0 spiro atoms. The van der Waals surface area contributed by atoms with Gasteiger partial charge in [-0.1, -0.05) is 24.3 Å². The molecule has 0 saturated heterocycles. The van der Waals surface area contributed by atoms with Crippen molar-refractivity contribution in [3.05, 3.63) is 35.4 Å². The molecule has 0 radical (unpaired) electrons. The van der Waals surface area contributed by atoms with E-state index in [1.165, 1.54) is 5.56 Å². The molecule has 1 heterocycles. The number of carbonyl (C=O) groups is 1. The first-order valence-electron chi connectivity index (χ1n) is 6.38. The van der Waals surface area contributed by atoms with E-state index in [9.17, 15) is 4.79 Å². The number of fused-ring (bicyclic) bond motifs is 1. The Kier molecular flexibility index (Phi) is 3.87. The lowest BCUT2D eigenvalue weighted by Gasteiger charge is -2.36. The van der Waals surface area contributed by atoms with Gasteiger partial charge in [-0.05, 0) is 31.4 Å². The first-order valence-corrected chi connectivity index (χ1v) is 6.38. The van der Waals surface area contributed by atoms with Crippen LogP contribution in [0.15, 0.2) is 24.3 Å². The second-order valence-corrected chi connectivity index (χ2v) is 4.83. The fourth-order valence-electron chi connectivity index (χ4n) is 2.39. The largest absolute Gasteiger partial charge is 0.447 e. The summed E-state index contributed by atoms with van der Waals surface area (Å²) in [5, 5.41) is 0. The van der Waals surface area contributed by atoms with Gasteiger partial charge in [-0.25, -0.2) is 4.79 Å². The minimum atomic E-state index is -0.269. The minimum absolute atomic E-state index is 0.0683. The fraction of sp³-hybridized carbons (Fsp3) is 0.500. The van der Waals surface area contributed by atoms with Gasteiger partial charge in [0.2, 0.25) is 0 Å². The van der Waals surface area contributed by atoms with Crippen LogP contribution in [0, 0.1) is 0 Å². The summed E-state index contributed by atoms with van der Waals surface area (Å²) in [4.78, 5) is 13.8. The van der Waals surface area contributed by atoms with Crippen LogP contribution in [-0.2, 0) is 11.2 Å². The number of benzene rings is 1. The molecule has 4 heteroatoms. The van der Waals surface area contributed by atoms with Crippen molar-refractivity contribution in [2.45, 2.75) is 32.4 Å². The number of nitrogens with zero attached hydrogens (tertiary/aromatic N) is 1. The Bertz CT molecular complexity index is 432. The molecule has 0 saturated carbocycles. The number of amides is 1. The zero-order valence-electron chi connectivity index (χ0n) is 10.9. The third kappa shape index (κ3) is 2.48. The molecule has 1 aromatic carbocycles. The number of hydrogen-bond acceptors (Lipinski definition) is 3. The van der Waals surface area contributed by atoms with Crippen molar-refractivity contribution in [3.8, 4) is 0 Å². The van der Waals surface area contributed by atoms with Gasteiger partial charge in [0.1, 0.15) is 0 Å². The van der Waals surface area contributed by atoms with E-state index in [-0.39, 0.29) is 18.2 Å². The Morgan fingerprint density at radius 2 is 2.22 bits per heavy atom. The summed E-state index contributed by atoms with van der Waals surface area (Å²) in [6.07, 6.45) is 0.489. The highest BCUT2D eigenvalue weighted by atomic mass is 16.6. The van der Waals surface area contributed by atoms with E-state index >= 15 is 0 Å². The van der Waals surface area contributed by atoms with Crippen LogP contribution in [0.25, 0.3) is 0 Å². The molecule has 2 N–H and O–H groups in total. The Morgan fingerprint density at radius 3 is 2.89 bits per heavy atom. The lowest BCUT2D eigenvalue weighted by molar-refractivity contribution is 0.0615. The van der Waals surface area contributed by atoms with Gasteiger partial charge in [-0.3, -0.25) is 4.90 Å². The zero-order valence-corrected chi connectivity index (χ0v) is 10.9. The summed E-state index contributed by atoms with van der Waals surface area (Å²) in [7, 11) is 0. The first kappa shape index (κ1) is 12.9. The molecule has 2 rings (SSSR count). The fourth-order valence-corrected chi connectivity index (χ4v) is 2.39. The number of hydrogen-bond donors (Lipinski definition) is 1.